The molecule has 0 aliphatic carbocycles. The number of aromatic nitrogens is 1. The van der Waals surface area contributed by atoms with E-state index in [0.717, 1.165) is 5.56 Å². The summed E-state index contributed by atoms with van der Waals surface area (Å²) in [6.45, 7) is 0.596. The number of hydrogen-bond acceptors (Lipinski definition) is 4. The molecule has 7 heteroatoms. The van der Waals surface area contributed by atoms with Crippen LogP contribution in [-0.4, -0.2) is 13.4 Å². The highest BCUT2D eigenvalue weighted by Crippen LogP contribution is 2.17. The number of benzene rings is 2. The Labute approximate surface area is 151 Å². The minimum absolute atomic E-state index is 0.208. The fraction of sp³-hybridized carbons (Fsp3) is 0.0556. The van der Waals surface area contributed by atoms with Gasteiger partial charge in [-0.25, -0.2) is 13.4 Å². The molecule has 5 nitrogen and oxygen atoms in total. The van der Waals surface area contributed by atoms with Gasteiger partial charge in [-0.15, -0.1) is 0 Å². The summed E-state index contributed by atoms with van der Waals surface area (Å²) in [4.78, 5) is 4.43. The van der Waals surface area contributed by atoms with E-state index in [9.17, 15) is 8.42 Å². The third-order valence-electron chi connectivity index (χ3n) is 3.46. The highest BCUT2D eigenvalue weighted by Gasteiger charge is 2.13. The topological polar surface area (TPSA) is 71.1 Å². The molecule has 1 heterocycles. The predicted molar refractivity (Wildman–Crippen MR) is 100 cm³/mol. The molecule has 2 N–H and O–H groups in total. The maximum absolute atomic E-state index is 12.3. The van der Waals surface area contributed by atoms with E-state index in [2.05, 4.69) is 15.0 Å². The first kappa shape index (κ1) is 17.3. The molecule has 2 aromatic carbocycles. The van der Waals surface area contributed by atoms with Crippen molar-refractivity contribution in [3.63, 3.8) is 0 Å². The van der Waals surface area contributed by atoms with E-state index in [-0.39, 0.29) is 4.90 Å². The molecule has 0 saturated carbocycles. The molecular weight excluding hydrogens is 358 g/mol. The molecule has 0 bridgehead atoms. The number of halogens is 1. The van der Waals surface area contributed by atoms with Crippen LogP contribution in [0.4, 0.5) is 11.5 Å². The number of nitrogens with one attached hydrogen (secondary N) is 2. The van der Waals surface area contributed by atoms with Crippen LogP contribution in [0.25, 0.3) is 0 Å². The summed E-state index contributed by atoms with van der Waals surface area (Å²) in [5.74, 6) is 0.651. The molecule has 25 heavy (non-hydrogen) atoms. The number of pyridine rings is 1. The Bertz CT molecular complexity index is 928. The van der Waals surface area contributed by atoms with Crippen molar-refractivity contribution in [2.45, 2.75) is 11.4 Å². The summed E-state index contributed by atoms with van der Waals surface area (Å²) >= 11 is 5.85. The molecule has 3 rings (SSSR count). The Morgan fingerprint density at radius 2 is 1.64 bits per heavy atom. The van der Waals surface area contributed by atoms with Gasteiger partial charge in [0, 0.05) is 11.6 Å². The molecule has 128 valence electrons. The minimum atomic E-state index is -3.61. The largest absolute Gasteiger partial charge is 0.366 e. The zero-order valence-corrected chi connectivity index (χ0v) is 14.8. The Kier molecular flexibility index (Phi) is 5.21. The molecule has 0 fully saturated rings. The van der Waals surface area contributed by atoms with Crippen molar-refractivity contribution in [1.29, 1.82) is 0 Å². The molecule has 0 atom stereocenters. The first-order valence-electron chi connectivity index (χ1n) is 7.55. The van der Waals surface area contributed by atoms with E-state index in [1.165, 1.54) is 18.3 Å². The second-order valence-electron chi connectivity index (χ2n) is 5.33. The number of hydrogen-bond donors (Lipinski definition) is 2. The van der Waals surface area contributed by atoms with Crippen LogP contribution in [0, 0.1) is 0 Å². The third kappa shape index (κ3) is 4.71. The molecule has 0 spiro atoms. The molecule has 3 aromatic rings. The number of rotatable bonds is 6. The molecule has 0 amide bonds. The van der Waals surface area contributed by atoms with E-state index in [0.29, 0.717) is 23.1 Å². The lowest BCUT2D eigenvalue weighted by Crippen LogP contribution is -2.13. The normalized spacial score (nSPS) is 11.1. The Hall–Kier alpha value is -2.57. The smallest absolute Gasteiger partial charge is 0.261 e. The lowest BCUT2D eigenvalue weighted by molar-refractivity contribution is 0.601. The summed E-state index contributed by atoms with van der Waals surface area (Å²) in [5, 5.41) is 3.86. The van der Waals surface area contributed by atoms with E-state index < -0.39 is 10.0 Å². The van der Waals surface area contributed by atoms with Gasteiger partial charge in [0.25, 0.3) is 10.0 Å². The minimum Gasteiger partial charge on any atom is -0.366 e. The maximum atomic E-state index is 12.3. The monoisotopic (exact) mass is 373 g/mol. The van der Waals surface area contributed by atoms with E-state index in [1.54, 1.807) is 30.3 Å². The summed E-state index contributed by atoms with van der Waals surface area (Å²) in [5.41, 5.74) is 1.47. The molecule has 0 aliphatic heterocycles. The van der Waals surface area contributed by atoms with Crippen LogP contribution < -0.4 is 10.0 Å². The first-order chi connectivity index (χ1) is 12.0. The van der Waals surface area contributed by atoms with E-state index >= 15 is 0 Å². The van der Waals surface area contributed by atoms with E-state index in [1.807, 2.05) is 24.3 Å². The van der Waals surface area contributed by atoms with Gasteiger partial charge in [-0.2, -0.15) is 0 Å². The van der Waals surface area contributed by atoms with Crippen molar-refractivity contribution in [2.75, 3.05) is 10.0 Å². The second-order valence-corrected chi connectivity index (χ2v) is 7.45. The Balaban J connectivity index is 1.63. The standard InChI is InChI=1S/C18H16ClN3O2S/c19-15-8-6-14(7-9-15)12-20-18-11-10-16(13-21-18)22-25(23,24)17-4-2-1-3-5-17/h1-11,13,22H,12H2,(H,20,21). The number of anilines is 2. The fourth-order valence-electron chi connectivity index (χ4n) is 2.17. The quantitative estimate of drug-likeness (QED) is 0.681. The summed E-state index contributed by atoms with van der Waals surface area (Å²) in [7, 11) is -3.61. The van der Waals surface area contributed by atoms with Gasteiger partial charge in [-0.3, -0.25) is 4.72 Å². The number of sulfonamides is 1. The SMILES string of the molecule is O=S(=O)(Nc1ccc(NCc2ccc(Cl)cc2)nc1)c1ccccc1. The van der Waals surface area contributed by atoms with Crippen molar-refractivity contribution in [3.8, 4) is 0 Å². The van der Waals surface area contributed by atoms with Crippen molar-refractivity contribution in [3.05, 3.63) is 83.5 Å². The highest BCUT2D eigenvalue weighted by molar-refractivity contribution is 7.92. The van der Waals surface area contributed by atoms with E-state index in [4.69, 9.17) is 11.6 Å². The Morgan fingerprint density at radius 3 is 2.28 bits per heavy atom. The average molecular weight is 374 g/mol. The molecule has 0 radical (unpaired) electrons. The van der Waals surface area contributed by atoms with Gasteiger partial charge in [-0.1, -0.05) is 41.9 Å². The van der Waals surface area contributed by atoms with Gasteiger partial charge in [0.05, 0.1) is 16.8 Å². The van der Waals surface area contributed by atoms with Crippen molar-refractivity contribution in [1.82, 2.24) is 4.98 Å². The fourth-order valence-corrected chi connectivity index (χ4v) is 3.36. The lowest BCUT2D eigenvalue weighted by atomic mass is 10.2. The summed E-state index contributed by atoms with van der Waals surface area (Å²) in [6, 6.07) is 19.1. The lowest BCUT2D eigenvalue weighted by Gasteiger charge is -2.09. The third-order valence-corrected chi connectivity index (χ3v) is 5.11. The van der Waals surface area contributed by atoms with Crippen LogP contribution in [0.2, 0.25) is 5.02 Å². The second kappa shape index (κ2) is 7.55. The molecule has 0 unspecified atom stereocenters. The van der Waals surface area contributed by atoms with Gasteiger partial charge in [0.15, 0.2) is 0 Å². The van der Waals surface area contributed by atoms with Gasteiger partial charge in [-0.05, 0) is 42.0 Å². The van der Waals surface area contributed by atoms with Crippen LogP contribution in [0.3, 0.4) is 0 Å². The van der Waals surface area contributed by atoms with Gasteiger partial charge in [0.2, 0.25) is 0 Å². The zero-order valence-electron chi connectivity index (χ0n) is 13.2. The summed E-state index contributed by atoms with van der Waals surface area (Å²) < 4.78 is 27.0. The van der Waals surface area contributed by atoms with Crippen LogP contribution >= 0.6 is 11.6 Å². The number of nitrogens with zero attached hydrogens (tertiary/aromatic N) is 1. The predicted octanol–water partition coefficient (Wildman–Crippen LogP) is 4.15. The van der Waals surface area contributed by atoms with Crippen LogP contribution in [0.1, 0.15) is 5.56 Å². The van der Waals surface area contributed by atoms with Gasteiger partial charge in [0.1, 0.15) is 5.82 Å². The van der Waals surface area contributed by atoms with Crippen LogP contribution in [0.15, 0.2) is 77.8 Å². The van der Waals surface area contributed by atoms with Crippen molar-refractivity contribution >= 4 is 33.1 Å². The molecular formula is C18H16ClN3O2S. The van der Waals surface area contributed by atoms with Gasteiger partial charge >= 0.3 is 0 Å². The molecule has 0 aliphatic rings. The molecule has 1 aromatic heterocycles. The van der Waals surface area contributed by atoms with Crippen LogP contribution in [-0.2, 0) is 16.6 Å². The average Bonchev–Trinajstić information content (AvgIpc) is 2.63. The maximum Gasteiger partial charge on any atom is 0.261 e. The summed E-state index contributed by atoms with van der Waals surface area (Å²) in [6.07, 6.45) is 1.48. The first-order valence-corrected chi connectivity index (χ1v) is 9.41. The highest BCUT2D eigenvalue weighted by atomic mass is 35.5. The van der Waals surface area contributed by atoms with Crippen molar-refractivity contribution < 1.29 is 8.42 Å². The van der Waals surface area contributed by atoms with Gasteiger partial charge < -0.3 is 5.32 Å². The van der Waals surface area contributed by atoms with Crippen LogP contribution in [0.5, 0.6) is 0 Å². The molecule has 0 saturated heterocycles. The van der Waals surface area contributed by atoms with Crippen molar-refractivity contribution in [2.24, 2.45) is 0 Å². The Morgan fingerprint density at radius 1 is 0.920 bits per heavy atom. The zero-order chi connectivity index (χ0) is 17.7.